The van der Waals surface area contributed by atoms with E-state index in [4.69, 9.17) is 5.26 Å². The van der Waals surface area contributed by atoms with Crippen LogP contribution in [0.2, 0.25) is 0 Å². The van der Waals surface area contributed by atoms with Gasteiger partial charge in [0.2, 0.25) is 0 Å². The molecule has 0 unspecified atom stereocenters. The van der Waals surface area contributed by atoms with Gasteiger partial charge in [-0.15, -0.1) is 0 Å². The summed E-state index contributed by atoms with van der Waals surface area (Å²) < 4.78 is 52.4. The fraction of sp³-hybridized carbons (Fsp3) is 0.133. The Morgan fingerprint density at radius 2 is 1.80 bits per heavy atom. The lowest BCUT2D eigenvalue weighted by Gasteiger charge is -2.14. The first-order chi connectivity index (χ1) is 9.41. The van der Waals surface area contributed by atoms with E-state index in [9.17, 15) is 17.6 Å². The van der Waals surface area contributed by atoms with Crippen LogP contribution in [0.1, 0.15) is 11.1 Å². The predicted octanol–water partition coefficient (Wildman–Crippen LogP) is 4.58. The van der Waals surface area contributed by atoms with Gasteiger partial charge in [-0.3, -0.25) is 0 Å². The fourth-order valence-electron chi connectivity index (χ4n) is 1.93. The minimum Gasteiger partial charge on any atom is -0.207 e. The Bertz CT molecular complexity index is 668. The van der Waals surface area contributed by atoms with Gasteiger partial charge in [0.15, 0.2) is 0 Å². The molecule has 0 aliphatic carbocycles. The van der Waals surface area contributed by atoms with Gasteiger partial charge in [0.05, 0.1) is 18.1 Å². The molecule has 0 saturated carbocycles. The first kappa shape index (κ1) is 14.1. The molecule has 0 amide bonds. The minimum atomic E-state index is -4.56. The summed E-state index contributed by atoms with van der Waals surface area (Å²) in [5, 5.41) is 8.56. The maximum Gasteiger partial charge on any atom is 0.417 e. The van der Waals surface area contributed by atoms with Crippen LogP contribution in [-0.2, 0) is 12.6 Å². The number of nitrogens with zero attached hydrogens (tertiary/aromatic N) is 1. The molecule has 2 aromatic rings. The van der Waals surface area contributed by atoms with E-state index >= 15 is 0 Å². The molecule has 0 bridgehead atoms. The zero-order chi connectivity index (χ0) is 14.8. The van der Waals surface area contributed by atoms with E-state index in [-0.39, 0.29) is 23.1 Å². The first-order valence-electron chi connectivity index (χ1n) is 5.75. The van der Waals surface area contributed by atoms with Crippen molar-refractivity contribution < 1.29 is 17.6 Å². The van der Waals surface area contributed by atoms with Crippen molar-refractivity contribution in [1.29, 1.82) is 5.26 Å². The van der Waals surface area contributed by atoms with Gasteiger partial charge in [0.1, 0.15) is 5.82 Å². The molecule has 2 aromatic carbocycles. The van der Waals surface area contributed by atoms with Crippen molar-refractivity contribution in [3.8, 4) is 17.2 Å². The lowest BCUT2D eigenvalue weighted by atomic mass is 9.96. The molecule has 0 aromatic heterocycles. The molecule has 0 heterocycles. The molecule has 2 rings (SSSR count). The van der Waals surface area contributed by atoms with Gasteiger partial charge in [0, 0.05) is 0 Å². The highest BCUT2D eigenvalue weighted by molar-refractivity contribution is 5.68. The van der Waals surface area contributed by atoms with Crippen LogP contribution >= 0.6 is 0 Å². The summed E-state index contributed by atoms with van der Waals surface area (Å²) in [7, 11) is 0. The van der Waals surface area contributed by atoms with Crippen molar-refractivity contribution in [3.63, 3.8) is 0 Å². The number of nitriles is 1. The Hall–Kier alpha value is -2.35. The molecule has 0 atom stereocenters. The van der Waals surface area contributed by atoms with Crippen molar-refractivity contribution in [2.75, 3.05) is 0 Å². The van der Waals surface area contributed by atoms with Crippen molar-refractivity contribution in [2.24, 2.45) is 0 Å². The van der Waals surface area contributed by atoms with Crippen molar-refractivity contribution in [1.82, 2.24) is 0 Å². The summed E-state index contributed by atoms with van der Waals surface area (Å²) in [6.45, 7) is 0. The summed E-state index contributed by atoms with van der Waals surface area (Å²) in [6, 6.07) is 10.4. The Kier molecular flexibility index (Phi) is 3.75. The van der Waals surface area contributed by atoms with E-state index in [0.29, 0.717) is 0 Å². The number of alkyl halides is 3. The molecule has 20 heavy (non-hydrogen) atoms. The van der Waals surface area contributed by atoms with Crippen LogP contribution in [0.3, 0.4) is 0 Å². The maximum absolute atomic E-state index is 13.2. The normalized spacial score (nSPS) is 11.2. The lowest BCUT2D eigenvalue weighted by molar-refractivity contribution is -0.137. The lowest BCUT2D eigenvalue weighted by Crippen LogP contribution is -2.08. The Morgan fingerprint density at radius 3 is 2.40 bits per heavy atom. The maximum atomic E-state index is 13.2. The third-order valence-electron chi connectivity index (χ3n) is 2.81. The highest BCUT2D eigenvalue weighted by Crippen LogP contribution is 2.37. The van der Waals surface area contributed by atoms with Crippen molar-refractivity contribution >= 4 is 0 Å². The second-order valence-electron chi connectivity index (χ2n) is 4.22. The smallest absolute Gasteiger partial charge is 0.207 e. The van der Waals surface area contributed by atoms with Gasteiger partial charge < -0.3 is 0 Å². The Balaban J connectivity index is 2.61. The standard InChI is InChI=1S/C15H9F4N/c16-12-3-1-2-11(9-12)13-5-4-10(6-7-20)8-14(13)15(17,18)19/h1-5,8-9H,6H2. The molecule has 0 saturated heterocycles. The van der Waals surface area contributed by atoms with Gasteiger partial charge in [-0.25, -0.2) is 4.39 Å². The first-order valence-corrected chi connectivity index (χ1v) is 5.75. The Labute approximate surface area is 113 Å². The summed E-state index contributed by atoms with van der Waals surface area (Å²) in [5.74, 6) is -0.600. The van der Waals surface area contributed by atoms with E-state index in [1.807, 2.05) is 0 Å². The highest BCUT2D eigenvalue weighted by Gasteiger charge is 2.33. The zero-order valence-corrected chi connectivity index (χ0v) is 10.2. The van der Waals surface area contributed by atoms with Crippen LogP contribution in [0, 0.1) is 17.1 Å². The summed E-state index contributed by atoms with van der Waals surface area (Å²) in [4.78, 5) is 0. The molecular weight excluding hydrogens is 270 g/mol. The molecule has 1 nitrogen and oxygen atoms in total. The number of hydrogen-bond acceptors (Lipinski definition) is 1. The van der Waals surface area contributed by atoms with Gasteiger partial charge in [-0.1, -0.05) is 24.3 Å². The number of rotatable bonds is 2. The molecular formula is C15H9F4N. The second-order valence-corrected chi connectivity index (χ2v) is 4.22. The predicted molar refractivity (Wildman–Crippen MR) is 66.2 cm³/mol. The van der Waals surface area contributed by atoms with Crippen molar-refractivity contribution in [2.45, 2.75) is 12.6 Å². The molecule has 102 valence electrons. The largest absolute Gasteiger partial charge is 0.417 e. The monoisotopic (exact) mass is 279 g/mol. The number of benzene rings is 2. The third-order valence-corrected chi connectivity index (χ3v) is 2.81. The van der Waals surface area contributed by atoms with Gasteiger partial charge in [0.25, 0.3) is 0 Å². The molecule has 0 aliphatic heterocycles. The zero-order valence-electron chi connectivity index (χ0n) is 10.2. The van der Waals surface area contributed by atoms with E-state index in [2.05, 4.69) is 0 Å². The minimum absolute atomic E-state index is 0.0984. The van der Waals surface area contributed by atoms with Crippen LogP contribution in [0.25, 0.3) is 11.1 Å². The highest BCUT2D eigenvalue weighted by atomic mass is 19.4. The summed E-state index contributed by atoms with van der Waals surface area (Å²) in [6.07, 6.45) is -4.67. The van der Waals surface area contributed by atoms with Crippen LogP contribution in [-0.4, -0.2) is 0 Å². The van der Waals surface area contributed by atoms with E-state index in [1.54, 1.807) is 6.07 Å². The second kappa shape index (κ2) is 5.33. The average molecular weight is 279 g/mol. The molecule has 0 fully saturated rings. The van der Waals surface area contributed by atoms with Crippen molar-refractivity contribution in [3.05, 3.63) is 59.4 Å². The Morgan fingerprint density at radius 1 is 1.05 bits per heavy atom. The summed E-state index contributed by atoms with van der Waals surface area (Å²) >= 11 is 0. The van der Waals surface area contributed by atoms with E-state index < -0.39 is 17.6 Å². The number of halogens is 4. The molecule has 0 N–H and O–H groups in total. The van der Waals surface area contributed by atoms with Crippen LogP contribution in [0.15, 0.2) is 42.5 Å². The number of hydrogen-bond donors (Lipinski definition) is 0. The molecule has 0 spiro atoms. The van der Waals surface area contributed by atoms with E-state index in [1.165, 1.54) is 30.3 Å². The molecule has 5 heteroatoms. The molecule has 0 radical (unpaired) electrons. The molecule has 0 aliphatic rings. The van der Waals surface area contributed by atoms with Crippen LogP contribution in [0.5, 0.6) is 0 Å². The average Bonchev–Trinajstić information content (AvgIpc) is 2.38. The summed E-state index contributed by atoms with van der Waals surface area (Å²) in [5.41, 5.74) is -0.532. The van der Waals surface area contributed by atoms with Gasteiger partial charge in [-0.05, 0) is 34.9 Å². The van der Waals surface area contributed by atoms with Crippen LogP contribution < -0.4 is 0 Å². The van der Waals surface area contributed by atoms with Gasteiger partial charge in [-0.2, -0.15) is 18.4 Å². The SMILES string of the molecule is N#CCc1ccc(-c2cccc(F)c2)c(C(F)(F)F)c1. The van der Waals surface area contributed by atoms with E-state index in [0.717, 1.165) is 12.1 Å². The quantitative estimate of drug-likeness (QED) is 0.738. The topological polar surface area (TPSA) is 23.8 Å². The van der Waals surface area contributed by atoms with Gasteiger partial charge >= 0.3 is 6.18 Å². The van der Waals surface area contributed by atoms with Crippen LogP contribution in [0.4, 0.5) is 17.6 Å². The third kappa shape index (κ3) is 2.97. The fourth-order valence-corrected chi connectivity index (χ4v) is 1.93.